The van der Waals surface area contributed by atoms with Gasteiger partial charge in [-0.25, -0.2) is 18.8 Å². The van der Waals surface area contributed by atoms with E-state index in [-0.39, 0.29) is 11.4 Å². The van der Waals surface area contributed by atoms with Crippen molar-refractivity contribution in [1.82, 2.24) is 4.98 Å². The van der Waals surface area contributed by atoms with Crippen LogP contribution in [0.5, 0.6) is 0 Å². The van der Waals surface area contributed by atoms with Gasteiger partial charge in [-0.05, 0) is 30.3 Å². The van der Waals surface area contributed by atoms with Gasteiger partial charge in [-0.2, -0.15) is 13.2 Å². The molecule has 1 aliphatic heterocycles. The maximum Gasteiger partial charge on any atom is 0.425 e. The molecule has 2 heterocycles. The first-order chi connectivity index (χ1) is 14.0. The van der Waals surface area contributed by atoms with Gasteiger partial charge >= 0.3 is 6.18 Å². The van der Waals surface area contributed by atoms with Crippen molar-refractivity contribution in [2.24, 2.45) is 10.7 Å². The van der Waals surface area contributed by atoms with E-state index in [2.05, 4.69) is 20.0 Å². The van der Waals surface area contributed by atoms with E-state index >= 15 is 0 Å². The van der Waals surface area contributed by atoms with Crippen LogP contribution in [0.4, 0.5) is 27.6 Å². The fraction of sp³-hybridized carbons (Fsp3) is 0.278. The summed E-state index contributed by atoms with van der Waals surface area (Å²) in [5.41, 5.74) is 2.51. The molecule has 1 amide bonds. The van der Waals surface area contributed by atoms with Gasteiger partial charge in [0.25, 0.3) is 11.9 Å². The largest absolute Gasteiger partial charge is 0.452 e. The van der Waals surface area contributed by atoms with Crippen LogP contribution in [0.3, 0.4) is 0 Å². The zero-order valence-corrected chi connectivity index (χ0v) is 15.8. The highest BCUT2D eigenvalue weighted by Crippen LogP contribution is 2.42. The molecule has 6 nitrogen and oxygen atoms in total. The second-order valence-corrected chi connectivity index (χ2v) is 6.91. The number of carbonyl (C=O) groups excluding carboxylic acids is 1. The Bertz CT molecular complexity index is 984. The molecule has 0 aliphatic carbocycles. The van der Waals surface area contributed by atoms with Crippen molar-refractivity contribution >= 4 is 29.2 Å². The van der Waals surface area contributed by atoms with Crippen LogP contribution in [0.15, 0.2) is 41.5 Å². The van der Waals surface area contributed by atoms with E-state index in [9.17, 15) is 26.7 Å². The van der Waals surface area contributed by atoms with Crippen LogP contribution >= 0.6 is 11.6 Å². The molecule has 2 aromatic rings. The van der Waals surface area contributed by atoms with Crippen LogP contribution in [0.1, 0.15) is 22.5 Å². The van der Waals surface area contributed by atoms with Crippen molar-refractivity contribution in [2.75, 3.05) is 12.0 Å². The molecule has 3 N–H and O–H groups in total. The number of nitrogens with zero attached hydrogens (tertiary/aromatic N) is 2. The first kappa shape index (κ1) is 21.8. The Labute approximate surface area is 171 Å². The van der Waals surface area contributed by atoms with Crippen molar-refractivity contribution < 1.29 is 31.5 Å². The molecule has 1 aromatic carbocycles. The van der Waals surface area contributed by atoms with Gasteiger partial charge in [0.1, 0.15) is 23.7 Å². The number of alkyl halides is 4. The molecule has 1 aromatic heterocycles. The van der Waals surface area contributed by atoms with Gasteiger partial charge < -0.3 is 15.8 Å². The van der Waals surface area contributed by atoms with Crippen molar-refractivity contribution in [3.8, 4) is 0 Å². The zero-order valence-electron chi connectivity index (χ0n) is 15.0. The number of anilines is 1. The summed E-state index contributed by atoms with van der Waals surface area (Å²) >= 11 is 5.70. The van der Waals surface area contributed by atoms with E-state index in [0.717, 1.165) is 18.2 Å². The normalized spacial score (nSPS) is 21.5. The predicted octanol–water partition coefficient (Wildman–Crippen LogP) is 3.96. The second-order valence-electron chi connectivity index (χ2n) is 6.48. The number of pyridine rings is 1. The summed E-state index contributed by atoms with van der Waals surface area (Å²) in [6.45, 7) is -1.48. The number of nitrogens with one attached hydrogen (secondary N) is 1. The molecule has 0 saturated carbocycles. The maximum atomic E-state index is 14.5. The first-order valence-corrected chi connectivity index (χ1v) is 8.79. The SMILES string of the molecule is NC1=NC(CF)(c2cc(NC(=O)c3ccc(Cl)cn3)ccc2F)CC(C(F)(F)F)O1. The molecular weight excluding hydrogens is 435 g/mol. The van der Waals surface area contributed by atoms with Crippen LogP contribution < -0.4 is 11.1 Å². The Morgan fingerprint density at radius 3 is 2.67 bits per heavy atom. The van der Waals surface area contributed by atoms with E-state index < -0.39 is 54.2 Å². The molecule has 0 spiro atoms. The molecule has 1 aliphatic rings. The molecule has 0 fully saturated rings. The topological polar surface area (TPSA) is 89.6 Å². The Balaban J connectivity index is 1.96. The van der Waals surface area contributed by atoms with E-state index in [1.807, 2.05) is 0 Å². The molecular formula is C18H14ClF5N4O2. The van der Waals surface area contributed by atoms with Gasteiger partial charge in [0.15, 0.2) is 6.10 Å². The van der Waals surface area contributed by atoms with Crippen LogP contribution in [0, 0.1) is 5.82 Å². The van der Waals surface area contributed by atoms with Crippen molar-refractivity contribution in [2.45, 2.75) is 24.2 Å². The molecule has 0 saturated heterocycles. The number of ether oxygens (including phenoxy) is 1. The van der Waals surface area contributed by atoms with Crippen molar-refractivity contribution in [3.63, 3.8) is 0 Å². The lowest BCUT2D eigenvalue weighted by Gasteiger charge is -2.36. The summed E-state index contributed by atoms with van der Waals surface area (Å²) in [6.07, 6.45) is -7.13. The van der Waals surface area contributed by atoms with Crippen molar-refractivity contribution in [1.29, 1.82) is 0 Å². The quantitative estimate of drug-likeness (QED) is 0.693. The average Bonchev–Trinajstić information content (AvgIpc) is 2.68. The van der Waals surface area contributed by atoms with Gasteiger partial charge in [-0.3, -0.25) is 4.79 Å². The van der Waals surface area contributed by atoms with Gasteiger partial charge in [0, 0.05) is 23.9 Å². The number of halogens is 6. The minimum atomic E-state index is -4.87. The minimum absolute atomic E-state index is 0.00945. The van der Waals surface area contributed by atoms with E-state index in [0.29, 0.717) is 5.02 Å². The fourth-order valence-corrected chi connectivity index (χ4v) is 3.06. The molecule has 0 radical (unpaired) electrons. The Morgan fingerprint density at radius 1 is 1.33 bits per heavy atom. The molecule has 2 unspecified atom stereocenters. The highest BCUT2D eigenvalue weighted by atomic mass is 35.5. The third kappa shape index (κ3) is 4.45. The lowest BCUT2D eigenvalue weighted by molar-refractivity contribution is -0.209. The number of amides is 1. The Morgan fingerprint density at radius 2 is 2.07 bits per heavy atom. The third-order valence-electron chi connectivity index (χ3n) is 4.38. The number of hydrogen-bond acceptors (Lipinski definition) is 5. The first-order valence-electron chi connectivity index (χ1n) is 8.42. The van der Waals surface area contributed by atoms with Crippen molar-refractivity contribution in [3.05, 3.63) is 58.6 Å². The highest BCUT2D eigenvalue weighted by Gasteiger charge is 2.52. The van der Waals surface area contributed by atoms with Crippen LogP contribution in [-0.4, -0.2) is 35.9 Å². The minimum Gasteiger partial charge on any atom is -0.452 e. The van der Waals surface area contributed by atoms with Gasteiger partial charge in [-0.1, -0.05) is 11.6 Å². The number of aliphatic imine (C=N–C) groups is 1. The summed E-state index contributed by atoms with van der Waals surface area (Å²) in [7, 11) is 0. The lowest BCUT2D eigenvalue weighted by Crippen LogP contribution is -2.48. The van der Waals surface area contributed by atoms with E-state index in [1.165, 1.54) is 18.3 Å². The number of nitrogens with two attached hydrogens (primary N) is 1. The van der Waals surface area contributed by atoms with Crippen LogP contribution in [0.25, 0.3) is 0 Å². The molecule has 12 heteroatoms. The highest BCUT2D eigenvalue weighted by molar-refractivity contribution is 6.30. The van der Waals surface area contributed by atoms with E-state index in [4.69, 9.17) is 17.3 Å². The number of amidine groups is 1. The smallest absolute Gasteiger partial charge is 0.425 e. The third-order valence-corrected chi connectivity index (χ3v) is 4.61. The summed E-state index contributed by atoms with van der Waals surface area (Å²) in [5.74, 6) is -1.71. The number of rotatable bonds is 4. The summed E-state index contributed by atoms with van der Waals surface area (Å²) in [4.78, 5) is 19.7. The average molecular weight is 449 g/mol. The van der Waals surface area contributed by atoms with E-state index in [1.54, 1.807) is 0 Å². The second kappa shape index (κ2) is 8.05. The van der Waals surface area contributed by atoms with Crippen LogP contribution in [-0.2, 0) is 10.3 Å². The maximum absolute atomic E-state index is 14.5. The number of hydrogen-bond donors (Lipinski definition) is 2. The number of aromatic nitrogens is 1. The molecule has 160 valence electrons. The summed E-state index contributed by atoms with van der Waals surface area (Å²) < 4.78 is 72.4. The standard InChI is InChI=1S/C18H14ClF5N4O2/c19-9-1-4-13(26-7-9)15(29)27-10-2-3-12(21)11(5-10)17(8-20)6-14(18(22,23)24)30-16(25)28-17/h1-5,7,14H,6,8H2,(H2,25,28)(H,27,29). The number of benzene rings is 1. The van der Waals surface area contributed by atoms with Gasteiger partial charge in [0.05, 0.1) is 5.02 Å². The number of carbonyl (C=O) groups is 1. The lowest BCUT2D eigenvalue weighted by atomic mass is 9.84. The van der Waals surface area contributed by atoms with Gasteiger partial charge in [0.2, 0.25) is 0 Å². The summed E-state index contributed by atoms with van der Waals surface area (Å²) in [5, 5.41) is 2.71. The Hall–Kier alpha value is -2.95. The Kier molecular flexibility index (Phi) is 5.84. The molecule has 0 bridgehead atoms. The monoisotopic (exact) mass is 448 g/mol. The molecule has 30 heavy (non-hydrogen) atoms. The van der Waals surface area contributed by atoms with Gasteiger partial charge in [-0.15, -0.1) is 0 Å². The fourth-order valence-electron chi connectivity index (χ4n) is 2.95. The van der Waals surface area contributed by atoms with Crippen LogP contribution in [0.2, 0.25) is 5.02 Å². The molecule has 2 atom stereocenters. The molecule has 3 rings (SSSR count). The predicted molar refractivity (Wildman–Crippen MR) is 98.4 cm³/mol. The summed E-state index contributed by atoms with van der Waals surface area (Å²) in [6, 6.07) is 4.88. The zero-order chi connectivity index (χ0) is 22.1.